The highest BCUT2D eigenvalue weighted by Gasteiger charge is 2.08. The molecule has 0 saturated heterocycles. The van der Waals surface area contributed by atoms with Crippen molar-refractivity contribution in [3.05, 3.63) is 33.3 Å². The van der Waals surface area contributed by atoms with Crippen molar-refractivity contribution in [1.82, 2.24) is 5.32 Å². The lowest BCUT2D eigenvalue weighted by Gasteiger charge is -2.12. The van der Waals surface area contributed by atoms with Crippen molar-refractivity contribution in [3.8, 4) is 0 Å². The highest BCUT2D eigenvalue weighted by atomic mass is 79.9. The minimum atomic E-state index is -0.609. The van der Waals surface area contributed by atoms with Gasteiger partial charge < -0.3 is 15.5 Å². The molecule has 3 N–H and O–H groups in total. The summed E-state index contributed by atoms with van der Waals surface area (Å²) in [5, 5.41) is 21.8. The molecule has 0 bridgehead atoms. The van der Waals surface area contributed by atoms with Crippen molar-refractivity contribution in [2.45, 2.75) is 6.10 Å². The minimum Gasteiger partial charge on any atom is -0.395 e. The van der Waals surface area contributed by atoms with Crippen molar-refractivity contribution in [2.24, 2.45) is 0 Å². The zero-order valence-corrected chi connectivity index (χ0v) is 10.4. The Balaban J connectivity index is 2.57. The minimum absolute atomic E-state index is 0.0633. The van der Waals surface area contributed by atoms with Crippen LogP contribution in [0, 0.1) is 0 Å². The molecule has 0 amide bonds. The molecular formula is C10H13BrClNO2. The fourth-order valence-electron chi connectivity index (χ4n) is 1.16. The Labute approximate surface area is 102 Å². The van der Waals surface area contributed by atoms with Gasteiger partial charge in [-0.15, -0.1) is 0 Å². The fraction of sp³-hybridized carbons (Fsp3) is 0.400. The summed E-state index contributed by atoms with van der Waals surface area (Å²) in [6.45, 7) is 0.938. The maximum Gasteiger partial charge on any atom is 0.0914 e. The summed E-state index contributed by atoms with van der Waals surface area (Å²) in [4.78, 5) is 0. The first kappa shape index (κ1) is 12.9. The van der Waals surface area contributed by atoms with Crippen LogP contribution in [0.25, 0.3) is 0 Å². The SMILES string of the molecule is OCCNCC(O)c1ccc(Br)c(Cl)c1. The van der Waals surface area contributed by atoms with E-state index in [2.05, 4.69) is 21.2 Å². The van der Waals surface area contributed by atoms with E-state index in [1.54, 1.807) is 18.2 Å². The van der Waals surface area contributed by atoms with Gasteiger partial charge in [0.25, 0.3) is 0 Å². The second-order valence-electron chi connectivity index (χ2n) is 3.12. The van der Waals surface area contributed by atoms with E-state index in [1.807, 2.05) is 0 Å². The largest absolute Gasteiger partial charge is 0.395 e. The lowest BCUT2D eigenvalue weighted by atomic mass is 10.1. The van der Waals surface area contributed by atoms with Crippen LogP contribution < -0.4 is 5.32 Å². The molecule has 15 heavy (non-hydrogen) atoms. The van der Waals surface area contributed by atoms with Crippen molar-refractivity contribution in [3.63, 3.8) is 0 Å². The molecule has 0 aliphatic carbocycles. The van der Waals surface area contributed by atoms with Crippen LogP contribution in [0.5, 0.6) is 0 Å². The van der Waals surface area contributed by atoms with E-state index in [9.17, 15) is 5.11 Å². The number of benzene rings is 1. The normalized spacial score (nSPS) is 12.8. The van der Waals surface area contributed by atoms with E-state index in [0.717, 1.165) is 10.0 Å². The molecule has 0 heterocycles. The van der Waals surface area contributed by atoms with Gasteiger partial charge in [0, 0.05) is 17.6 Å². The first-order chi connectivity index (χ1) is 7.15. The molecule has 5 heteroatoms. The smallest absolute Gasteiger partial charge is 0.0914 e. The highest BCUT2D eigenvalue weighted by molar-refractivity contribution is 9.10. The maximum absolute atomic E-state index is 9.74. The first-order valence-electron chi connectivity index (χ1n) is 4.59. The van der Waals surface area contributed by atoms with E-state index >= 15 is 0 Å². The molecule has 0 aliphatic rings. The lowest BCUT2D eigenvalue weighted by molar-refractivity contribution is 0.171. The lowest BCUT2D eigenvalue weighted by Crippen LogP contribution is -2.24. The Morgan fingerprint density at radius 1 is 1.47 bits per heavy atom. The summed E-state index contributed by atoms with van der Waals surface area (Å²) in [7, 11) is 0. The summed E-state index contributed by atoms with van der Waals surface area (Å²) in [5.74, 6) is 0. The van der Waals surface area contributed by atoms with Gasteiger partial charge in [0.15, 0.2) is 0 Å². The predicted octanol–water partition coefficient (Wildman–Crippen LogP) is 1.72. The molecule has 0 aliphatic heterocycles. The summed E-state index contributed by atoms with van der Waals surface area (Å²) in [6, 6.07) is 5.32. The number of aliphatic hydroxyl groups excluding tert-OH is 2. The Bertz CT molecular complexity index is 322. The average molecular weight is 295 g/mol. The van der Waals surface area contributed by atoms with Crippen molar-refractivity contribution >= 4 is 27.5 Å². The van der Waals surface area contributed by atoms with E-state index in [-0.39, 0.29) is 6.61 Å². The maximum atomic E-state index is 9.74. The predicted molar refractivity (Wildman–Crippen MR) is 64.1 cm³/mol. The van der Waals surface area contributed by atoms with Crippen LogP contribution in [0.1, 0.15) is 11.7 Å². The highest BCUT2D eigenvalue weighted by Crippen LogP contribution is 2.25. The average Bonchev–Trinajstić information content (AvgIpc) is 2.22. The van der Waals surface area contributed by atoms with Crippen LogP contribution in [-0.4, -0.2) is 29.9 Å². The Hall–Kier alpha value is -0.130. The van der Waals surface area contributed by atoms with E-state index in [1.165, 1.54) is 0 Å². The van der Waals surface area contributed by atoms with Gasteiger partial charge in [-0.25, -0.2) is 0 Å². The third-order valence-corrected chi connectivity index (χ3v) is 3.19. The monoisotopic (exact) mass is 293 g/mol. The Kier molecular flexibility index (Phi) is 5.56. The number of halogens is 2. The number of hydrogen-bond donors (Lipinski definition) is 3. The quantitative estimate of drug-likeness (QED) is 0.725. The molecular weight excluding hydrogens is 281 g/mol. The van der Waals surface area contributed by atoms with Crippen LogP contribution in [0.2, 0.25) is 5.02 Å². The number of rotatable bonds is 5. The summed E-state index contributed by atoms with van der Waals surface area (Å²) in [5.41, 5.74) is 0.758. The van der Waals surface area contributed by atoms with Gasteiger partial charge in [-0.05, 0) is 33.6 Å². The third kappa shape index (κ3) is 4.09. The molecule has 3 nitrogen and oxygen atoms in total. The van der Waals surface area contributed by atoms with Gasteiger partial charge in [-0.3, -0.25) is 0 Å². The van der Waals surface area contributed by atoms with Gasteiger partial charge in [-0.2, -0.15) is 0 Å². The molecule has 1 rings (SSSR count). The van der Waals surface area contributed by atoms with Crippen LogP contribution >= 0.6 is 27.5 Å². The second-order valence-corrected chi connectivity index (χ2v) is 4.38. The molecule has 1 atom stereocenters. The van der Waals surface area contributed by atoms with Crippen LogP contribution in [0.15, 0.2) is 22.7 Å². The summed E-state index contributed by atoms with van der Waals surface area (Å²) >= 11 is 9.18. The van der Waals surface area contributed by atoms with E-state index in [4.69, 9.17) is 16.7 Å². The van der Waals surface area contributed by atoms with E-state index < -0.39 is 6.10 Å². The molecule has 0 fully saturated rings. The van der Waals surface area contributed by atoms with Gasteiger partial charge in [0.05, 0.1) is 17.7 Å². The van der Waals surface area contributed by atoms with Gasteiger partial charge in [-0.1, -0.05) is 17.7 Å². The first-order valence-corrected chi connectivity index (χ1v) is 5.77. The van der Waals surface area contributed by atoms with Gasteiger partial charge in [0.1, 0.15) is 0 Å². The molecule has 84 valence electrons. The fourth-order valence-corrected chi connectivity index (χ4v) is 1.59. The van der Waals surface area contributed by atoms with Crippen LogP contribution in [0.4, 0.5) is 0 Å². The van der Waals surface area contributed by atoms with Gasteiger partial charge >= 0.3 is 0 Å². The number of aliphatic hydroxyl groups is 2. The van der Waals surface area contributed by atoms with E-state index in [0.29, 0.717) is 18.1 Å². The Morgan fingerprint density at radius 3 is 2.80 bits per heavy atom. The zero-order chi connectivity index (χ0) is 11.3. The topological polar surface area (TPSA) is 52.5 Å². The number of nitrogens with one attached hydrogen (secondary N) is 1. The van der Waals surface area contributed by atoms with Gasteiger partial charge in [0.2, 0.25) is 0 Å². The summed E-state index contributed by atoms with van der Waals surface area (Å²) in [6.07, 6.45) is -0.609. The summed E-state index contributed by atoms with van der Waals surface area (Å²) < 4.78 is 0.809. The molecule has 1 aromatic carbocycles. The third-order valence-electron chi connectivity index (χ3n) is 1.95. The van der Waals surface area contributed by atoms with Crippen LogP contribution in [0.3, 0.4) is 0 Å². The number of hydrogen-bond acceptors (Lipinski definition) is 3. The molecule has 1 unspecified atom stereocenters. The van der Waals surface area contributed by atoms with Crippen molar-refractivity contribution in [2.75, 3.05) is 19.7 Å². The van der Waals surface area contributed by atoms with Crippen molar-refractivity contribution in [1.29, 1.82) is 0 Å². The molecule has 0 spiro atoms. The molecule has 0 radical (unpaired) electrons. The molecule has 1 aromatic rings. The zero-order valence-electron chi connectivity index (χ0n) is 8.08. The standard InChI is InChI=1S/C10H13BrClNO2/c11-8-2-1-7(5-9(8)12)10(15)6-13-3-4-14/h1-2,5,10,13-15H,3-4,6H2. The Morgan fingerprint density at radius 2 is 2.20 bits per heavy atom. The van der Waals surface area contributed by atoms with Crippen molar-refractivity contribution < 1.29 is 10.2 Å². The van der Waals surface area contributed by atoms with Crippen LogP contribution in [-0.2, 0) is 0 Å². The molecule has 0 saturated carbocycles. The second kappa shape index (κ2) is 6.45. The molecule has 0 aromatic heterocycles.